The number of hydrogen-bond acceptors (Lipinski definition) is 2. The quantitative estimate of drug-likeness (QED) is 0.727. The maximum absolute atomic E-state index is 11.3. The van der Waals surface area contributed by atoms with E-state index in [9.17, 15) is 4.79 Å². The van der Waals surface area contributed by atoms with Crippen molar-refractivity contribution in [3.05, 3.63) is 52.7 Å². The second-order valence-corrected chi connectivity index (χ2v) is 2.77. The van der Waals surface area contributed by atoms with Gasteiger partial charge in [0, 0.05) is 24.0 Å². The van der Waals surface area contributed by atoms with Crippen molar-refractivity contribution in [2.75, 3.05) is 0 Å². The van der Waals surface area contributed by atoms with Crippen LogP contribution >= 0.6 is 0 Å². The summed E-state index contributed by atoms with van der Waals surface area (Å²) in [6.45, 7) is 0.566. The number of nitrogens with one attached hydrogen (secondary N) is 1. The third-order valence-corrected chi connectivity index (χ3v) is 1.81. The van der Waals surface area contributed by atoms with Gasteiger partial charge in [0.15, 0.2) is 0 Å². The summed E-state index contributed by atoms with van der Waals surface area (Å²) in [6, 6.07) is 5.11. The van der Waals surface area contributed by atoms with Gasteiger partial charge >= 0.3 is 0 Å². The van der Waals surface area contributed by atoms with Crippen molar-refractivity contribution in [3.63, 3.8) is 0 Å². The van der Waals surface area contributed by atoms with E-state index in [1.807, 2.05) is 6.07 Å². The lowest BCUT2D eigenvalue weighted by Crippen LogP contribution is -2.17. The van der Waals surface area contributed by atoms with Crippen molar-refractivity contribution in [1.29, 1.82) is 0 Å². The van der Waals surface area contributed by atoms with E-state index in [1.165, 1.54) is 0 Å². The minimum Gasteiger partial charge on any atom is -0.311 e. The molecule has 4 nitrogen and oxygen atoms in total. The van der Waals surface area contributed by atoms with Crippen LogP contribution in [0.25, 0.3) is 0 Å². The monoisotopic (exact) mass is 175 g/mol. The zero-order valence-corrected chi connectivity index (χ0v) is 6.97. The average Bonchev–Trinajstić information content (AvgIpc) is 2.61. The predicted octanol–water partition coefficient (Wildman–Crippen LogP) is 0.620. The molecule has 4 heteroatoms. The maximum atomic E-state index is 11.3. The van der Waals surface area contributed by atoms with Crippen LogP contribution < -0.4 is 5.56 Å². The zero-order valence-electron chi connectivity index (χ0n) is 6.97. The second-order valence-electron chi connectivity index (χ2n) is 2.77. The largest absolute Gasteiger partial charge is 0.311 e. The van der Waals surface area contributed by atoms with Gasteiger partial charge in [-0.05, 0) is 6.07 Å². The van der Waals surface area contributed by atoms with Gasteiger partial charge in [-0.15, -0.1) is 0 Å². The Labute approximate surface area is 74.8 Å². The van der Waals surface area contributed by atoms with Crippen molar-refractivity contribution in [3.8, 4) is 0 Å². The summed E-state index contributed by atoms with van der Waals surface area (Å²) in [6.07, 6.45) is 5.24. The SMILES string of the molecule is O=c1ccccn1Cc1cn[nH]c1. The van der Waals surface area contributed by atoms with Crippen molar-refractivity contribution in [1.82, 2.24) is 14.8 Å². The molecule has 0 unspecified atom stereocenters. The highest BCUT2D eigenvalue weighted by atomic mass is 16.1. The van der Waals surface area contributed by atoms with Gasteiger partial charge in [0.25, 0.3) is 5.56 Å². The topological polar surface area (TPSA) is 50.7 Å². The van der Waals surface area contributed by atoms with Crippen LogP contribution in [0.2, 0.25) is 0 Å². The molecule has 2 aromatic rings. The Morgan fingerprint density at radius 1 is 1.46 bits per heavy atom. The minimum atomic E-state index is 0.00343. The molecule has 13 heavy (non-hydrogen) atoms. The smallest absolute Gasteiger partial charge is 0.250 e. The summed E-state index contributed by atoms with van der Waals surface area (Å²) >= 11 is 0. The van der Waals surface area contributed by atoms with Crippen molar-refractivity contribution in [2.45, 2.75) is 6.54 Å². The molecule has 0 bridgehead atoms. The van der Waals surface area contributed by atoms with Crippen LogP contribution in [0.15, 0.2) is 41.6 Å². The summed E-state index contributed by atoms with van der Waals surface area (Å²) in [4.78, 5) is 11.3. The normalized spacial score (nSPS) is 10.2. The first-order chi connectivity index (χ1) is 6.36. The average molecular weight is 175 g/mol. The Balaban J connectivity index is 2.29. The van der Waals surface area contributed by atoms with Gasteiger partial charge in [-0.1, -0.05) is 6.07 Å². The Hall–Kier alpha value is -1.84. The Bertz CT molecular complexity index is 430. The van der Waals surface area contributed by atoms with E-state index in [0.717, 1.165) is 5.56 Å². The number of hydrogen-bond donors (Lipinski definition) is 1. The third-order valence-electron chi connectivity index (χ3n) is 1.81. The molecule has 1 N–H and O–H groups in total. The molecule has 66 valence electrons. The highest BCUT2D eigenvalue weighted by Gasteiger charge is 1.96. The lowest BCUT2D eigenvalue weighted by Gasteiger charge is -2.00. The van der Waals surface area contributed by atoms with Crippen LogP contribution in [0.5, 0.6) is 0 Å². The first-order valence-corrected chi connectivity index (χ1v) is 3.99. The fraction of sp³-hybridized carbons (Fsp3) is 0.111. The molecule has 0 aliphatic rings. The number of H-pyrrole nitrogens is 1. The molecule has 0 saturated carbocycles. The lowest BCUT2D eigenvalue weighted by atomic mass is 10.3. The molecule has 0 radical (unpaired) electrons. The summed E-state index contributed by atoms with van der Waals surface area (Å²) in [5.74, 6) is 0. The second kappa shape index (κ2) is 3.26. The predicted molar refractivity (Wildman–Crippen MR) is 48.4 cm³/mol. The number of aromatic amines is 1. The number of nitrogens with zero attached hydrogens (tertiary/aromatic N) is 2. The van der Waals surface area contributed by atoms with E-state index in [1.54, 1.807) is 35.3 Å². The molecule has 0 spiro atoms. The number of pyridine rings is 1. The third kappa shape index (κ3) is 1.66. The molecule has 0 aromatic carbocycles. The highest BCUT2D eigenvalue weighted by Crippen LogP contribution is 1.95. The van der Waals surface area contributed by atoms with Crippen LogP contribution in [-0.4, -0.2) is 14.8 Å². The van der Waals surface area contributed by atoms with Crippen molar-refractivity contribution >= 4 is 0 Å². The van der Waals surface area contributed by atoms with Gasteiger partial charge in [-0.3, -0.25) is 9.89 Å². The van der Waals surface area contributed by atoms with Gasteiger partial charge in [0.2, 0.25) is 0 Å². The van der Waals surface area contributed by atoms with E-state index in [2.05, 4.69) is 10.2 Å². The maximum Gasteiger partial charge on any atom is 0.250 e. The van der Waals surface area contributed by atoms with Gasteiger partial charge in [0.05, 0.1) is 12.7 Å². The molecule has 0 atom stereocenters. The first kappa shape index (κ1) is 7.79. The summed E-state index contributed by atoms with van der Waals surface area (Å²) in [7, 11) is 0. The van der Waals surface area contributed by atoms with Gasteiger partial charge in [-0.2, -0.15) is 5.10 Å². The molecule has 2 aromatic heterocycles. The van der Waals surface area contributed by atoms with Crippen LogP contribution in [0.4, 0.5) is 0 Å². The molecule has 0 fully saturated rings. The van der Waals surface area contributed by atoms with Crippen LogP contribution in [0.3, 0.4) is 0 Å². The van der Waals surface area contributed by atoms with Crippen LogP contribution in [0, 0.1) is 0 Å². The standard InChI is InChI=1S/C9H9N3O/c13-9-3-1-2-4-12(9)7-8-5-10-11-6-8/h1-6H,7H2,(H,10,11). The zero-order chi connectivity index (χ0) is 9.10. The first-order valence-electron chi connectivity index (χ1n) is 3.99. The minimum absolute atomic E-state index is 0.00343. The van der Waals surface area contributed by atoms with E-state index in [4.69, 9.17) is 0 Å². The van der Waals surface area contributed by atoms with E-state index in [0.29, 0.717) is 6.54 Å². The Morgan fingerprint density at radius 2 is 2.38 bits per heavy atom. The van der Waals surface area contributed by atoms with Gasteiger partial charge < -0.3 is 4.57 Å². The molecule has 2 rings (SSSR count). The number of rotatable bonds is 2. The summed E-state index contributed by atoms with van der Waals surface area (Å²) in [5, 5.41) is 6.51. The number of aromatic nitrogens is 3. The fourth-order valence-corrected chi connectivity index (χ4v) is 1.15. The molecular formula is C9H9N3O. The summed E-state index contributed by atoms with van der Waals surface area (Å²) < 4.78 is 1.63. The summed E-state index contributed by atoms with van der Waals surface area (Å²) in [5.41, 5.74) is 0.997. The lowest BCUT2D eigenvalue weighted by molar-refractivity contribution is 0.760. The molecule has 0 aliphatic heterocycles. The van der Waals surface area contributed by atoms with E-state index < -0.39 is 0 Å². The van der Waals surface area contributed by atoms with Crippen LogP contribution in [0.1, 0.15) is 5.56 Å². The highest BCUT2D eigenvalue weighted by molar-refractivity contribution is 5.04. The molecule has 2 heterocycles. The van der Waals surface area contributed by atoms with Crippen molar-refractivity contribution in [2.24, 2.45) is 0 Å². The Kier molecular flexibility index (Phi) is 1.96. The fourth-order valence-electron chi connectivity index (χ4n) is 1.15. The molecule has 0 amide bonds. The van der Waals surface area contributed by atoms with Crippen molar-refractivity contribution < 1.29 is 0 Å². The van der Waals surface area contributed by atoms with E-state index in [-0.39, 0.29) is 5.56 Å². The molecular weight excluding hydrogens is 166 g/mol. The van der Waals surface area contributed by atoms with E-state index >= 15 is 0 Å². The van der Waals surface area contributed by atoms with Crippen LogP contribution in [-0.2, 0) is 6.54 Å². The Morgan fingerprint density at radius 3 is 3.08 bits per heavy atom. The molecule has 0 saturated heterocycles. The molecule has 0 aliphatic carbocycles. The van der Waals surface area contributed by atoms with Gasteiger partial charge in [-0.25, -0.2) is 0 Å². The van der Waals surface area contributed by atoms with Gasteiger partial charge in [0.1, 0.15) is 0 Å².